The molecule has 0 amide bonds. The molecule has 0 aliphatic carbocycles. The van der Waals surface area contributed by atoms with Gasteiger partial charge in [0.05, 0.1) is 26.9 Å². The molecule has 0 saturated heterocycles. The van der Waals surface area contributed by atoms with Gasteiger partial charge in [0.2, 0.25) is 0 Å². The number of nitrogens with zero attached hydrogens (tertiary/aromatic N) is 2. The Labute approximate surface area is 204 Å². The quantitative estimate of drug-likeness (QED) is 0.216. The molecule has 0 unspecified atom stereocenters. The van der Waals surface area contributed by atoms with E-state index in [0.29, 0.717) is 0 Å². The second-order valence-electron chi connectivity index (χ2n) is 8.45. The molecule has 6 aromatic rings. The van der Waals surface area contributed by atoms with E-state index in [2.05, 4.69) is 47.0 Å². The highest BCUT2D eigenvalue weighted by Crippen LogP contribution is 2.42. The minimum atomic E-state index is -2.76. The Morgan fingerprint density at radius 1 is 0.514 bits per heavy atom. The molecule has 1 aromatic heterocycles. The van der Waals surface area contributed by atoms with Gasteiger partial charge in [-0.1, -0.05) is 78.9 Å². The SMILES string of the molecule is [OH+]=P(c1ccccc1)(c1ccccc1)c1ccc(-c2nc3ccccc3n2-c2ccccc2)cc1. The minimum Gasteiger partial charge on any atom is -0.307 e. The van der Waals surface area contributed by atoms with Gasteiger partial charge in [-0.3, -0.25) is 4.57 Å². The predicted octanol–water partition coefficient (Wildman–Crippen LogP) is 6.27. The Kier molecular flexibility index (Phi) is 5.41. The first-order chi connectivity index (χ1) is 17.2. The summed E-state index contributed by atoms with van der Waals surface area (Å²) in [4.78, 5) is 4.98. The fourth-order valence-corrected chi connectivity index (χ4v) is 7.30. The first kappa shape index (κ1) is 21.3. The van der Waals surface area contributed by atoms with Crippen molar-refractivity contribution in [2.45, 2.75) is 0 Å². The van der Waals surface area contributed by atoms with E-state index in [1.165, 1.54) is 0 Å². The summed E-state index contributed by atoms with van der Waals surface area (Å²) in [6.45, 7) is 0. The summed E-state index contributed by atoms with van der Waals surface area (Å²) in [6.07, 6.45) is 0. The van der Waals surface area contributed by atoms with E-state index in [0.717, 1.165) is 44.0 Å². The molecule has 3 nitrogen and oxygen atoms in total. The van der Waals surface area contributed by atoms with Crippen molar-refractivity contribution in [3.63, 3.8) is 0 Å². The van der Waals surface area contributed by atoms with Crippen molar-refractivity contribution in [1.82, 2.24) is 9.55 Å². The van der Waals surface area contributed by atoms with Gasteiger partial charge in [-0.15, -0.1) is 0 Å². The van der Waals surface area contributed by atoms with Crippen molar-refractivity contribution in [3.05, 3.63) is 140 Å². The number of hydrogen-bond donors (Lipinski definition) is 0. The van der Waals surface area contributed by atoms with Crippen molar-refractivity contribution in [2.24, 2.45) is 0 Å². The molecule has 35 heavy (non-hydrogen) atoms. The number of benzene rings is 5. The van der Waals surface area contributed by atoms with Crippen LogP contribution in [0, 0.1) is 0 Å². The number of imidazole rings is 1. The van der Waals surface area contributed by atoms with E-state index in [9.17, 15) is 4.57 Å². The normalized spacial score (nSPS) is 11.5. The topological polar surface area (TPSA) is 39.2 Å². The zero-order valence-corrected chi connectivity index (χ0v) is 20.0. The molecule has 168 valence electrons. The summed E-state index contributed by atoms with van der Waals surface area (Å²) in [7, 11) is -2.76. The summed E-state index contributed by atoms with van der Waals surface area (Å²) in [5.74, 6) is 0.880. The Balaban J connectivity index is 1.51. The van der Waals surface area contributed by atoms with Crippen LogP contribution in [-0.4, -0.2) is 14.1 Å². The zero-order valence-electron chi connectivity index (χ0n) is 19.1. The van der Waals surface area contributed by atoms with Crippen molar-refractivity contribution in [2.75, 3.05) is 0 Å². The maximum Gasteiger partial charge on any atom is 0.315 e. The molecule has 0 radical (unpaired) electrons. The fraction of sp³-hybridized carbons (Fsp3) is 0. The molecule has 4 heteroatoms. The lowest BCUT2D eigenvalue weighted by atomic mass is 10.2. The summed E-state index contributed by atoms with van der Waals surface area (Å²) >= 11 is 0. The van der Waals surface area contributed by atoms with Gasteiger partial charge in [0.15, 0.2) is 0 Å². The molecule has 0 atom stereocenters. The molecule has 0 saturated carbocycles. The monoisotopic (exact) mass is 471 g/mol. The smallest absolute Gasteiger partial charge is 0.307 e. The molecule has 0 fully saturated rings. The second-order valence-corrected chi connectivity index (χ2v) is 11.3. The standard InChI is InChI=1S/C31H23N2OP/c34-35(26-14-6-2-7-15-26,27-16-8-3-9-17-27)28-22-20-24(21-23-28)31-32-29-18-10-11-19-30(29)33(31)25-12-4-1-5-13-25/h1-23H/p+1. The van der Waals surface area contributed by atoms with E-state index in [1.54, 1.807) is 0 Å². The number of aromatic nitrogens is 2. The zero-order chi connectivity index (χ0) is 23.7. The van der Waals surface area contributed by atoms with Gasteiger partial charge in [-0.25, -0.2) is 4.98 Å². The lowest BCUT2D eigenvalue weighted by Crippen LogP contribution is -2.25. The molecular weight excluding hydrogens is 447 g/mol. The number of rotatable bonds is 5. The highest BCUT2D eigenvalue weighted by atomic mass is 31.2. The Bertz CT molecular complexity index is 1600. The van der Waals surface area contributed by atoms with Gasteiger partial charge < -0.3 is 4.57 Å². The molecule has 0 spiro atoms. The Hall–Kier alpha value is -4.20. The summed E-state index contributed by atoms with van der Waals surface area (Å²) in [5.41, 5.74) is 4.09. The molecule has 1 heterocycles. The van der Waals surface area contributed by atoms with Crippen LogP contribution in [0.1, 0.15) is 0 Å². The third-order valence-electron chi connectivity index (χ3n) is 6.33. The highest BCUT2D eigenvalue weighted by Gasteiger charge is 2.36. The van der Waals surface area contributed by atoms with Crippen LogP contribution in [0.25, 0.3) is 28.1 Å². The first-order valence-electron chi connectivity index (χ1n) is 11.6. The third kappa shape index (κ3) is 3.71. The summed E-state index contributed by atoms with van der Waals surface area (Å²) in [5, 5.41) is 2.80. The molecule has 0 aliphatic rings. The third-order valence-corrected chi connectivity index (χ3v) is 9.47. The van der Waals surface area contributed by atoms with Gasteiger partial charge in [0, 0.05) is 11.3 Å². The van der Waals surface area contributed by atoms with E-state index in [4.69, 9.17) is 4.98 Å². The van der Waals surface area contributed by atoms with Gasteiger partial charge in [-0.05, 0) is 60.7 Å². The van der Waals surface area contributed by atoms with Gasteiger partial charge in [-0.2, -0.15) is 0 Å². The largest absolute Gasteiger partial charge is 0.315 e. The highest BCUT2D eigenvalue weighted by molar-refractivity contribution is 7.85. The molecule has 1 N–H and O–H groups in total. The lowest BCUT2D eigenvalue weighted by molar-refractivity contribution is 0.726. The van der Waals surface area contributed by atoms with Crippen LogP contribution >= 0.6 is 7.14 Å². The van der Waals surface area contributed by atoms with Crippen LogP contribution in [0.5, 0.6) is 0 Å². The van der Waals surface area contributed by atoms with E-state index < -0.39 is 7.14 Å². The van der Waals surface area contributed by atoms with Crippen LogP contribution in [0.3, 0.4) is 0 Å². The Morgan fingerprint density at radius 3 is 1.60 bits per heavy atom. The molecule has 6 rings (SSSR count). The number of hydrogen-bond acceptors (Lipinski definition) is 1. The second kappa shape index (κ2) is 8.87. The van der Waals surface area contributed by atoms with Crippen molar-refractivity contribution >= 4 is 34.1 Å². The summed E-state index contributed by atoms with van der Waals surface area (Å²) < 4.78 is 14.4. The van der Waals surface area contributed by atoms with Crippen LogP contribution < -0.4 is 15.9 Å². The van der Waals surface area contributed by atoms with Crippen molar-refractivity contribution in [3.8, 4) is 17.1 Å². The predicted molar refractivity (Wildman–Crippen MR) is 147 cm³/mol. The van der Waals surface area contributed by atoms with E-state index >= 15 is 0 Å². The first-order valence-corrected chi connectivity index (χ1v) is 13.4. The molecule has 0 aliphatic heterocycles. The Morgan fingerprint density at radius 2 is 1.00 bits per heavy atom. The van der Waals surface area contributed by atoms with Crippen LogP contribution in [-0.2, 0) is 0 Å². The fourth-order valence-electron chi connectivity index (χ4n) is 4.62. The van der Waals surface area contributed by atoms with Crippen molar-refractivity contribution < 1.29 is 4.57 Å². The van der Waals surface area contributed by atoms with Gasteiger partial charge >= 0.3 is 7.14 Å². The van der Waals surface area contributed by atoms with E-state index in [1.807, 2.05) is 97.1 Å². The van der Waals surface area contributed by atoms with E-state index in [-0.39, 0.29) is 0 Å². The number of para-hydroxylation sites is 3. The van der Waals surface area contributed by atoms with Crippen LogP contribution in [0.4, 0.5) is 0 Å². The van der Waals surface area contributed by atoms with Gasteiger partial charge in [0.25, 0.3) is 0 Å². The van der Waals surface area contributed by atoms with Crippen molar-refractivity contribution in [1.29, 1.82) is 0 Å². The minimum absolute atomic E-state index is 0.880. The number of fused-ring (bicyclic) bond motifs is 1. The molecule has 0 bridgehead atoms. The maximum atomic E-state index is 12.2. The van der Waals surface area contributed by atoms with Gasteiger partial charge in [0.1, 0.15) is 5.82 Å². The molecule has 5 aromatic carbocycles. The molecular formula is C31H24N2OP+. The average Bonchev–Trinajstić information content (AvgIpc) is 3.34. The summed E-state index contributed by atoms with van der Waals surface area (Å²) in [6, 6.07) is 46.7. The van der Waals surface area contributed by atoms with Crippen LogP contribution in [0.2, 0.25) is 0 Å². The average molecular weight is 472 g/mol. The maximum absolute atomic E-state index is 12.2. The lowest BCUT2D eigenvalue weighted by Gasteiger charge is -2.15. The van der Waals surface area contributed by atoms with Crippen LogP contribution in [0.15, 0.2) is 140 Å².